The molecular weight excluding hydrogens is 344 g/mol. The lowest BCUT2D eigenvalue weighted by atomic mass is 9.77. The molecule has 7 heteroatoms. The van der Waals surface area contributed by atoms with E-state index in [-0.39, 0.29) is 18.1 Å². The Bertz CT molecular complexity index is 912. The van der Waals surface area contributed by atoms with Crippen molar-refractivity contribution in [1.82, 2.24) is 14.9 Å². The number of benzene rings is 1. The smallest absolute Gasteiger partial charge is 0.231 e. The third-order valence-corrected chi connectivity index (χ3v) is 5.98. The highest BCUT2D eigenvalue weighted by Gasteiger charge is 2.44. The van der Waals surface area contributed by atoms with Gasteiger partial charge in [-0.3, -0.25) is 4.79 Å². The number of hydrogen-bond acceptors (Lipinski definition) is 6. The number of fused-ring (bicyclic) bond motifs is 3. The molecule has 2 aliphatic heterocycles. The van der Waals surface area contributed by atoms with Crippen molar-refractivity contribution in [1.29, 1.82) is 0 Å². The minimum atomic E-state index is -0.0742. The van der Waals surface area contributed by atoms with Crippen LogP contribution in [0.2, 0.25) is 0 Å². The molecule has 0 bridgehead atoms. The molecule has 1 amide bonds. The standard InChI is InChI=1S/C20H22N4O3/c21-19-22-10-14-4-6-20(18(14)23-19)5-1-7-24(11-20)17(25)9-13-2-3-15-16(8-13)27-12-26-15/h2-3,8,10H,1,4-7,9,11-12H2,(H2,21,22,23). The summed E-state index contributed by atoms with van der Waals surface area (Å²) in [4.78, 5) is 23.6. The molecule has 27 heavy (non-hydrogen) atoms. The van der Waals surface area contributed by atoms with Gasteiger partial charge in [0.2, 0.25) is 18.6 Å². The maximum absolute atomic E-state index is 13.0. The number of amides is 1. The van der Waals surface area contributed by atoms with Gasteiger partial charge < -0.3 is 20.1 Å². The first-order chi connectivity index (χ1) is 13.1. The lowest BCUT2D eigenvalue weighted by Crippen LogP contribution is -2.48. The largest absolute Gasteiger partial charge is 0.454 e. The van der Waals surface area contributed by atoms with Crippen molar-refractivity contribution in [3.05, 3.63) is 41.2 Å². The molecule has 0 saturated carbocycles. The Morgan fingerprint density at radius 1 is 1.26 bits per heavy atom. The third-order valence-electron chi connectivity index (χ3n) is 5.98. The number of aromatic nitrogens is 2. The lowest BCUT2D eigenvalue weighted by molar-refractivity contribution is -0.132. The molecule has 3 heterocycles. The van der Waals surface area contributed by atoms with Crippen LogP contribution in [0.25, 0.3) is 0 Å². The maximum Gasteiger partial charge on any atom is 0.231 e. The summed E-state index contributed by atoms with van der Waals surface area (Å²) in [6.45, 7) is 1.74. The summed E-state index contributed by atoms with van der Waals surface area (Å²) in [5.74, 6) is 1.91. The van der Waals surface area contributed by atoms with Crippen molar-refractivity contribution in [3.63, 3.8) is 0 Å². The zero-order valence-corrected chi connectivity index (χ0v) is 15.1. The molecule has 140 valence electrons. The van der Waals surface area contributed by atoms with Crippen molar-refractivity contribution in [3.8, 4) is 11.5 Å². The van der Waals surface area contributed by atoms with Gasteiger partial charge in [-0.2, -0.15) is 0 Å². The summed E-state index contributed by atoms with van der Waals surface area (Å²) in [7, 11) is 0. The molecule has 1 atom stereocenters. The van der Waals surface area contributed by atoms with Gasteiger partial charge in [-0.05, 0) is 48.9 Å². The van der Waals surface area contributed by atoms with Crippen LogP contribution in [0, 0.1) is 0 Å². The fourth-order valence-corrected chi connectivity index (χ4v) is 4.63. The quantitative estimate of drug-likeness (QED) is 0.872. The van der Waals surface area contributed by atoms with Crippen molar-refractivity contribution in [2.24, 2.45) is 0 Å². The van der Waals surface area contributed by atoms with Crippen LogP contribution in [-0.4, -0.2) is 40.7 Å². The van der Waals surface area contributed by atoms with Gasteiger partial charge in [0.1, 0.15) is 0 Å². The summed E-state index contributed by atoms with van der Waals surface area (Å²) in [6.07, 6.45) is 6.21. The van der Waals surface area contributed by atoms with E-state index >= 15 is 0 Å². The minimum Gasteiger partial charge on any atom is -0.454 e. The number of carbonyl (C=O) groups excluding carboxylic acids is 1. The molecular formula is C20H22N4O3. The Balaban J connectivity index is 1.35. The van der Waals surface area contributed by atoms with Gasteiger partial charge in [0.15, 0.2) is 11.5 Å². The van der Waals surface area contributed by atoms with Gasteiger partial charge in [0.05, 0.1) is 12.1 Å². The molecule has 3 aliphatic rings. The zero-order valence-electron chi connectivity index (χ0n) is 15.1. The first kappa shape index (κ1) is 16.4. The van der Waals surface area contributed by atoms with Gasteiger partial charge in [-0.15, -0.1) is 0 Å². The van der Waals surface area contributed by atoms with E-state index in [0.29, 0.717) is 24.7 Å². The van der Waals surface area contributed by atoms with Crippen molar-refractivity contribution >= 4 is 11.9 Å². The van der Waals surface area contributed by atoms with E-state index in [1.54, 1.807) is 0 Å². The summed E-state index contributed by atoms with van der Waals surface area (Å²) >= 11 is 0. The Morgan fingerprint density at radius 2 is 2.15 bits per heavy atom. The van der Waals surface area contributed by atoms with E-state index in [4.69, 9.17) is 15.2 Å². The number of carbonyl (C=O) groups is 1. The third kappa shape index (κ3) is 2.78. The summed E-state index contributed by atoms with van der Waals surface area (Å²) < 4.78 is 10.8. The number of rotatable bonds is 2. The van der Waals surface area contributed by atoms with Crippen molar-refractivity contribution < 1.29 is 14.3 Å². The number of hydrogen-bond donors (Lipinski definition) is 1. The number of aryl methyl sites for hydroxylation is 1. The second-order valence-corrected chi connectivity index (χ2v) is 7.67. The topological polar surface area (TPSA) is 90.6 Å². The molecule has 2 N–H and O–H groups in total. The van der Waals surface area contributed by atoms with Crippen LogP contribution in [0.5, 0.6) is 11.5 Å². The number of piperidine rings is 1. The highest BCUT2D eigenvalue weighted by atomic mass is 16.7. The average Bonchev–Trinajstić information content (AvgIpc) is 3.27. The second kappa shape index (κ2) is 6.11. The second-order valence-electron chi connectivity index (χ2n) is 7.67. The Hall–Kier alpha value is -2.83. The van der Waals surface area contributed by atoms with E-state index in [2.05, 4.69) is 9.97 Å². The van der Waals surface area contributed by atoms with Crippen LogP contribution in [0.1, 0.15) is 36.1 Å². The van der Waals surface area contributed by atoms with E-state index in [1.165, 1.54) is 5.56 Å². The molecule has 1 spiro atoms. The first-order valence-electron chi connectivity index (χ1n) is 9.41. The molecule has 0 radical (unpaired) electrons. The van der Waals surface area contributed by atoms with E-state index in [1.807, 2.05) is 29.3 Å². The first-order valence-corrected chi connectivity index (χ1v) is 9.41. The average molecular weight is 366 g/mol. The SMILES string of the molecule is Nc1ncc2c(n1)C1(CCCN(C(=O)Cc3ccc4c(c3)OCO4)C1)CC2. The van der Waals surface area contributed by atoms with Crippen LogP contribution < -0.4 is 15.2 Å². The number of nitrogen functional groups attached to an aromatic ring is 1. The number of nitrogens with zero attached hydrogens (tertiary/aromatic N) is 3. The zero-order chi connectivity index (χ0) is 18.4. The lowest BCUT2D eigenvalue weighted by Gasteiger charge is -2.40. The fourth-order valence-electron chi connectivity index (χ4n) is 4.63. The molecule has 7 nitrogen and oxygen atoms in total. The number of ether oxygens (including phenoxy) is 2. The molecule has 1 aliphatic carbocycles. The van der Waals surface area contributed by atoms with E-state index in [9.17, 15) is 4.79 Å². The molecule has 1 aromatic carbocycles. The van der Waals surface area contributed by atoms with Crippen LogP contribution >= 0.6 is 0 Å². The normalized spacial score (nSPS) is 22.9. The molecule has 2 aromatic rings. The fraction of sp³-hybridized carbons (Fsp3) is 0.450. The molecule has 1 aromatic heterocycles. The maximum atomic E-state index is 13.0. The minimum absolute atomic E-state index is 0.0742. The summed E-state index contributed by atoms with van der Waals surface area (Å²) in [5, 5.41) is 0. The van der Waals surface area contributed by atoms with Crippen LogP contribution in [0.4, 0.5) is 5.95 Å². The van der Waals surface area contributed by atoms with Gasteiger partial charge in [-0.25, -0.2) is 9.97 Å². The molecule has 5 rings (SSSR count). The van der Waals surface area contributed by atoms with Crippen molar-refractivity contribution in [2.45, 2.75) is 37.5 Å². The predicted molar refractivity (Wildman–Crippen MR) is 98.5 cm³/mol. The summed E-state index contributed by atoms with van der Waals surface area (Å²) in [6, 6.07) is 5.71. The number of anilines is 1. The Morgan fingerprint density at radius 3 is 3.07 bits per heavy atom. The van der Waals surface area contributed by atoms with E-state index in [0.717, 1.165) is 49.2 Å². The van der Waals surface area contributed by atoms with Crippen LogP contribution in [0.3, 0.4) is 0 Å². The predicted octanol–water partition coefficient (Wildman–Crippen LogP) is 1.84. The molecule has 1 fully saturated rings. The van der Waals surface area contributed by atoms with Crippen LogP contribution in [-0.2, 0) is 23.1 Å². The van der Waals surface area contributed by atoms with Gasteiger partial charge in [0.25, 0.3) is 0 Å². The van der Waals surface area contributed by atoms with Gasteiger partial charge in [-0.1, -0.05) is 6.07 Å². The van der Waals surface area contributed by atoms with Crippen LogP contribution in [0.15, 0.2) is 24.4 Å². The monoisotopic (exact) mass is 366 g/mol. The van der Waals surface area contributed by atoms with Gasteiger partial charge in [0, 0.05) is 24.7 Å². The molecule has 1 unspecified atom stereocenters. The highest BCUT2D eigenvalue weighted by molar-refractivity contribution is 5.79. The Kier molecular flexibility index (Phi) is 3.70. The number of likely N-dealkylation sites (tertiary alicyclic amines) is 1. The Labute approximate surface area is 157 Å². The van der Waals surface area contributed by atoms with Crippen molar-refractivity contribution in [2.75, 3.05) is 25.6 Å². The summed E-state index contributed by atoms with van der Waals surface area (Å²) in [5.41, 5.74) is 8.94. The van der Waals surface area contributed by atoms with Gasteiger partial charge >= 0.3 is 0 Å². The number of nitrogens with two attached hydrogens (primary N) is 1. The highest BCUT2D eigenvalue weighted by Crippen LogP contribution is 2.44. The molecule has 1 saturated heterocycles. The van der Waals surface area contributed by atoms with E-state index < -0.39 is 0 Å².